The van der Waals surface area contributed by atoms with Gasteiger partial charge in [-0.15, -0.1) is 0 Å². The van der Waals surface area contributed by atoms with Crippen LogP contribution >= 0.6 is 0 Å². The van der Waals surface area contributed by atoms with Crippen molar-refractivity contribution in [3.8, 4) is 5.75 Å². The van der Waals surface area contributed by atoms with Crippen LogP contribution in [0.25, 0.3) is 0 Å². The SMILES string of the molecule is COc1ccc(NC(=O)[C@@H]2CCCC[C@H]2C(=O)O)c(C)c1. The van der Waals surface area contributed by atoms with Crippen LogP contribution < -0.4 is 10.1 Å². The number of ether oxygens (including phenoxy) is 1. The van der Waals surface area contributed by atoms with Gasteiger partial charge in [-0.3, -0.25) is 9.59 Å². The molecule has 0 radical (unpaired) electrons. The summed E-state index contributed by atoms with van der Waals surface area (Å²) in [6.45, 7) is 1.88. The first-order chi connectivity index (χ1) is 10.0. The molecule has 0 heterocycles. The molecule has 0 spiro atoms. The van der Waals surface area contributed by atoms with Crippen LogP contribution in [-0.4, -0.2) is 24.1 Å². The second-order valence-corrected chi connectivity index (χ2v) is 5.51. The lowest BCUT2D eigenvalue weighted by Crippen LogP contribution is -2.36. The summed E-state index contributed by atoms with van der Waals surface area (Å²) < 4.78 is 5.13. The number of rotatable bonds is 4. The van der Waals surface area contributed by atoms with Gasteiger partial charge in [0, 0.05) is 5.69 Å². The van der Waals surface area contributed by atoms with Crippen LogP contribution in [0.15, 0.2) is 18.2 Å². The standard InChI is InChI=1S/C16H21NO4/c1-10-9-11(21-2)7-8-14(10)17-15(18)12-5-3-4-6-13(12)16(19)20/h7-9,12-13H,3-6H2,1-2H3,(H,17,18)(H,19,20)/t12-,13-/m1/s1. The number of aliphatic carboxylic acids is 1. The van der Waals surface area contributed by atoms with Crippen LogP contribution in [0.4, 0.5) is 5.69 Å². The molecule has 1 saturated carbocycles. The topological polar surface area (TPSA) is 75.6 Å². The Bertz CT molecular complexity index is 541. The Morgan fingerprint density at radius 1 is 1.24 bits per heavy atom. The molecule has 0 aromatic heterocycles. The molecule has 1 amide bonds. The van der Waals surface area contributed by atoms with Crippen LogP contribution in [0.1, 0.15) is 31.2 Å². The molecule has 21 heavy (non-hydrogen) atoms. The molecule has 1 aromatic rings. The fourth-order valence-electron chi connectivity index (χ4n) is 2.87. The number of carboxylic acids is 1. The number of carboxylic acid groups (broad SMARTS) is 1. The summed E-state index contributed by atoms with van der Waals surface area (Å²) in [5.74, 6) is -1.36. The lowest BCUT2D eigenvalue weighted by atomic mass is 9.78. The van der Waals surface area contributed by atoms with Gasteiger partial charge in [0.15, 0.2) is 0 Å². The van der Waals surface area contributed by atoms with E-state index >= 15 is 0 Å². The molecule has 2 atom stereocenters. The fourth-order valence-corrected chi connectivity index (χ4v) is 2.87. The summed E-state index contributed by atoms with van der Waals surface area (Å²) >= 11 is 0. The van der Waals surface area contributed by atoms with Crippen molar-refractivity contribution in [1.82, 2.24) is 0 Å². The van der Waals surface area contributed by atoms with Crippen LogP contribution in [0.5, 0.6) is 5.75 Å². The zero-order valence-electron chi connectivity index (χ0n) is 12.4. The maximum Gasteiger partial charge on any atom is 0.307 e. The second-order valence-electron chi connectivity index (χ2n) is 5.51. The zero-order valence-corrected chi connectivity index (χ0v) is 12.4. The van der Waals surface area contributed by atoms with Crippen molar-refractivity contribution in [2.75, 3.05) is 12.4 Å². The molecule has 2 N–H and O–H groups in total. The minimum atomic E-state index is -0.874. The fraction of sp³-hybridized carbons (Fsp3) is 0.500. The van der Waals surface area contributed by atoms with E-state index in [1.807, 2.05) is 13.0 Å². The van der Waals surface area contributed by atoms with Crippen molar-refractivity contribution < 1.29 is 19.4 Å². The zero-order chi connectivity index (χ0) is 15.4. The van der Waals surface area contributed by atoms with Crippen LogP contribution in [-0.2, 0) is 9.59 Å². The highest BCUT2D eigenvalue weighted by Gasteiger charge is 2.35. The van der Waals surface area contributed by atoms with Crippen molar-refractivity contribution in [3.63, 3.8) is 0 Å². The molecule has 2 rings (SSSR count). The van der Waals surface area contributed by atoms with Gasteiger partial charge in [-0.25, -0.2) is 0 Å². The molecule has 0 aliphatic heterocycles. The van der Waals surface area contributed by atoms with Crippen molar-refractivity contribution in [1.29, 1.82) is 0 Å². The third kappa shape index (κ3) is 3.54. The van der Waals surface area contributed by atoms with Gasteiger partial charge in [0.25, 0.3) is 0 Å². The molecular weight excluding hydrogens is 270 g/mol. The van der Waals surface area contributed by atoms with Crippen molar-refractivity contribution in [3.05, 3.63) is 23.8 Å². The highest BCUT2D eigenvalue weighted by molar-refractivity contribution is 5.95. The summed E-state index contributed by atoms with van der Waals surface area (Å²) in [4.78, 5) is 23.7. The van der Waals surface area contributed by atoms with Crippen LogP contribution in [0, 0.1) is 18.8 Å². The number of anilines is 1. The van der Waals surface area contributed by atoms with Gasteiger partial charge >= 0.3 is 5.97 Å². The molecule has 114 valence electrons. The van der Waals surface area contributed by atoms with E-state index in [1.54, 1.807) is 19.2 Å². The van der Waals surface area contributed by atoms with Gasteiger partial charge in [0.05, 0.1) is 18.9 Å². The maximum absolute atomic E-state index is 12.4. The molecule has 5 nitrogen and oxygen atoms in total. The Morgan fingerprint density at radius 3 is 2.48 bits per heavy atom. The van der Waals surface area contributed by atoms with E-state index in [4.69, 9.17) is 4.74 Å². The summed E-state index contributed by atoms with van der Waals surface area (Å²) in [7, 11) is 1.59. The molecule has 1 fully saturated rings. The number of hydrogen-bond donors (Lipinski definition) is 2. The Morgan fingerprint density at radius 2 is 1.90 bits per heavy atom. The van der Waals surface area contributed by atoms with Crippen LogP contribution in [0.3, 0.4) is 0 Å². The molecule has 1 aliphatic rings. The number of amides is 1. The normalized spacial score (nSPS) is 21.6. The summed E-state index contributed by atoms with van der Waals surface area (Å²) in [6.07, 6.45) is 3.00. The Balaban J connectivity index is 2.11. The minimum Gasteiger partial charge on any atom is -0.497 e. The van der Waals surface area contributed by atoms with E-state index in [0.29, 0.717) is 18.5 Å². The van der Waals surface area contributed by atoms with E-state index in [2.05, 4.69) is 5.32 Å². The first-order valence-electron chi connectivity index (χ1n) is 7.21. The molecule has 0 unspecified atom stereocenters. The third-order valence-corrected chi connectivity index (χ3v) is 4.11. The number of aryl methyl sites for hydroxylation is 1. The van der Waals surface area contributed by atoms with E-state index in [-0.39, 0.29) is 5.91 Å². The monoisotopic (exact) mass is 291 g/mol. The van der Waals surface area contributed by atoms with Gasteiger partial charge in [0.2, 0.25) is 5.91 Å². The maximum atomic E-state index is 12.4. The summed E-state index contributed by atoms with van der Waals surface area (Å²) in [5, 5.41) is 12.1. The van der Waals surface area contributed by atoms with Gasteiger partial charge < -0.3 is 15.2 Å². The average molecular weight is 291 g/mol. The largest absolute Gasteiger partial charge is 0.497 e. The second kappa shape index (κ2) is 6.61. The quantitative estimate of drug-likeness (QED) is 0.894. The van der Waals surface area contributed by atoms with Crippen molar-refractivity contribution in [2.45, 2.75) is 32.6 Å². The summed E-state index contributed by atoms with van der Waals surface area (Å²) in [5.41, 5.74) is 1.60. The Labute approximate surface area is 124 Å². The molecule has 1 aliphatic carbocycles. The predicted octanol–water partition coefficient (Wildman–Crippen LogP) is 2.83. The van der Waals surface area contributed by atoms with Gasteiger partial charge in [0.1, 0.15) is 5.75 Å². The van der Waals surface area contributed by atoms with E-state index < -0.39 is 17.8 Å². The van der Waals surface area contributed by atoms with Crippen molar-refractivity contribution in [2.24, 2.45) is 11.8 Å². The molecular formula is C16H21NO4. The Hall–Kier alpha value is -2.04. The van der Waals surface area contributed by atoms with Gasteiger partial charge in [-0.2, -0.15) is 0 Å². The smallest absolute Gasteiger partial charge is 0.307 e. The number of nitrogens with one attached hydrogen (secondary N) is 1. The van der Waals surface area contributed by atoms with Crippen molar-refractivity contribution >= 4 is 17.6 Å². The number of carbonyl (C=O) groups excluding carboxylic acids is 1. The lowest BCUT2D eigenvalue weighted by Gasteiger charge is -2.27. The first-order valence-corrected chi connectivity index (χ1v) is 7.21. The number of methoxy groups -OCH3 is 1. The Kier molecular flexibility index (Phi) is 4.83. The lowest BCUT2D eigenvalue weighted by molar-refractivity contribution is -0.147. The number of hydrogen-bond acceptors (Lipinski definition) is 3. The number of benzene rings is 1. The molecule has 1 aromatic carbocycles. The van der Waals surface area contributed by atoms with E-state index in [0.717, 1.165) is 24.2 Å². The van der Waals surface area contributed by atoms with E-state index in [9.17, 15) is 14.7 Å². The third-order valence-electron chi connectivity index (χ3n) is 4.11. The first kappa shape index (κ1) is 15.4. The average Bonchev–Trinajstić information content (AvgIpc) is 2.49. The minimum absolute atomic E-state index is 0.199. The van der Waals surface area contributed by atoms with Gasteiger partial charge in [-0.1, -0.05) is 12.8 Å². The molecule has 5 heteroatoms. The molecule has 0 saturated heterocycles. The summed E-state index contributed by atoms with van der Waals surface area (Å²) in [6, 6.07) is 5.40. The highest BCUT2D eigenvalue weighted by atomic mass is 16.5. The van der Waals surface area contributed by atoms with E-state index in [1.165, 1.54) is 0 Å². The predicted molar refractivity (Wildman–Crippen MR) is 79.4 cm³/mol. The van der Waals surface area contributed by atoms with Crippen LogP contribution in [0.2, 0.25) is 0 Å². The highest BCUT2D eigenvalue weighted by Crippen LogP contribution is 2.32. The van der Waals surface area contributed by atoms with Gasteiger partial charge in [-0.05, 0) is 43.5 Å². The number of carbonyl (C=O) groups is 2. The molecule has 0 bridgehead atoms.